The molecule has 0 bridgehead atoms. The van der Waals surface area contributed by atoms with E-state index in [1.54, 1.807) is 0 Å². The molecular weight excluding hydrogens is 240 g/mol. The van der Waals surface area contributed by atoms with E-state index in [9.17, 15) is 4.79 Å². The van der Waals surface area contributed by atoms with Crippen molar-refractivity contribution in [1.82, 2.24) is 10.2 Å². The number of methoxy groups -OCH3 is 1. The van der Waals surface area contributed by atoms with Gasteiger partial charge in [-0.05, 0) is 37.2 Å². The third-order valence-electron chi connectivity index (χ3n) is 3.72. The lowest BCUT2D eigenvalue weighted by Gasteiger charge is -2.26. The molecule has 1 heterocycles. The molecule has 4 nitrogen and oxygen atoms in total. The van der Waals surface area contributed by atoms with Gasteiger partial charge in [-0.2, -0.15) is 0 Å². The molecule has 2 rings (SSSR count). The number of carbonyl (C=O) groups is 1. The summed E-state index contributed by atoms with van der Waals surface area (Å²) < 4.78 is 4.70. The minimum atomic E-state index is -0.279. The Morgan fingerprint density at radius 3 is 2.68 bits per heavy atom. The summed E-state index contributed by atoms with van der Waals surface area (Å²) in [6.07, 6.45) is 1.22. The molecule has 0 amide bonds. The van der Waals surface area contributed by atoms with E-state index in [-0.39, 0.29) is 5.97 Å². The highest BCUT2D eigenvalue weighted by Gasteiger charge is 2.20. The molecule has 1 aromatic rings. The molecule has 0 aromatic heterocycles. The number of ether oxygens (including phenoxy) is 1. The molecule has 1 aromatic carbocycles. The van der Waals surface area contributed by atoms with Crippen LogP contribution in [-0.4, -0.2) is 43.7 Å². The molecule has 1 aliphatic heterocycles. The van der Waals surface area contributed by atoms with Gasteiger partial charge in [-0.25, -0.2) is 4.79 Å². The smallest absolute Gasteiger partial charge is 0.337 e. The predicted molar refractivity (Wildman–Crippen MR) is 75.1 cm³/mol. The molecule has 1 N–H and O–H groups in total. The molecule has 0 saturated carbocycles. The van der Waals surface area contributed by atoms with Crippen molar-refractivity contribution >= 4 is 5.97 Å². The highest BCUT2D eigenvalue weighted by Crippen LogP contribution is 2.14. The summed E-state index contributed by atoms with van der Waals surface area (Å²) >= 11 is 0. The fraction of sp³-hybridized carbons (Fsp3) is 0.533. The molecule has 19 heavy (non-hydrogen) atoms. The fourth-order valence-corrected chi connectivity index (χ4v) is 2.55. The number of benzene rings is 1. The van der Waals surface area contributed by atoms with Gasteiger partial charge >= 0.3 is 5.97 Å². The first-order valence-electron chi connectivity index (χ1n) is 6.86. The van der Waals surface area contributed by atoms with Gasteiger partial charge in [0.25, 0.3) is 0 Å². The standard InChI is InChI=1S/C15H22N2O2/c1-3-17(14-8-9-16-10-14)11-12-4-6-13(7-5-12)15(18)19-2/h4-7,14,16H,3,8-11H2,1-2H3. The van der Waals surface area contributed by atoms with Crippen LogP contribution in [0.5, 0.6) is 0 Å². The highest BCUT2D eigenvalue weighted by molar-refractivity contribution is 5.89. The van der Waals surface area contributed by atoms with Gasteiger partial charge in [-0.1, -0.05) is 19.1 Å². The van der Waals surface area contributed by atoms with E-state index < -0.39 is 0 Å². The zero-order chi connectivity index (χ0) is 13.7. The number of rotatable bonds is 5. The second-order valence-electron chi connectivity index (χ2n) is 4.90. The van der Waals surface area contributed by atoms with Gasteiger partial charge in [0.1, 0.15) is 0 Å². The second-order valence-corrected chi connectivity index (χ2v) is 4.90. The van der Waals surface area contributed by atoms with E-state index in [4.69, 9.17) is 4.74 Å². The molecule has 104 valence electrons. The normalized spacial score (nSPS) is 18.8. The van der Waals surface area contributed by atoms with Crippen molar-refractivity contribution in [2.24, 2.45) is 0 Å². The molecule has 0 aliphatic carbocycles. The van der Waals surface area contributed by atoms with Crippen LogP contribution in [0, 0.1) is 0 Å². The van der Waals surface area contributed by atoms with Gasteiger partial charge in [-0.15, -0.1) is 0 Å². The summed E-state index contributed by atoms with van der Waals surface area (Å²) in [4.78, 5) is 13.9. The first kappa shape index (κ1) is 14.0. The van der Waals surface area contributed by atoms with Crippen molar-refractivity contribution in [3.05, 3.63) is 35.4 Å². The SMILES string of the molecule is CCN(Cc1ccc(C(=O)OC)cc1)C1CCNC1. The number of nitrogens with zero attached hydrogens (tertiary/aromatic N) is 1. The summed E-state index contributed by atoms with van der Waals surface area (Å²) in [6.45, 7) is 6.37. The Kier molecular flexibility index (Phi) is 4.93. The van der Waals surface area contributed by atoms with Crippen molar-refractivity contribution in [3.8, 4) is 0 Å². The average molecular weight is 262 g/mol. The molecular formula is C15H22N2O2. The number of nitrogens with one attached hydrogen (secondary N) is 1. The summed E-state index contributed by atoms with van der Waals surface area (Å²) in [6, 6.07) is 8.32. The summed E-state index contributed by atoms with van der Waals surface area (Å²) in [7, 11) is 1.40. The highest BCUT2D eigenvalue weighted by atomic mass is 16.5. The lowest BCUT2D eigenvalue weighted by Crippen LogP contribution is -2.36. The van der Waals surface area contributed by atoms with Crippen LogP contribution in [0.2, 0.25) is 0 Å². The van der Waals surface area contributed by atoms with Crippen LogP contribution in [0.25, 0.3) is 0 Å². The maximum atomic E-state index is 11.4. The van der Waals surface area contributed by atoms with Crippen LogP contribution in [0.15, 0.2) is 24.3 Å². The average Bonchev–Trinajstić information content (AvgIpc) is 2.98. The van der Waals surface area contributed by atoms with Gasteiger partial charge < -0.3 is 10.1 Å². The fourth-order valence-electron chi connectivity index (χ4n) is 2.55. The van der Waals surface area contributed by atoms with Gasteiger partial charge in [0.15, 0.2) is 0 Å². The van der Waals surface area contributed by atoms with Crippen LogP contribution < -0.4 is 5.32 Å². The molecule has 1 fully saturated rings. The van der Waals surface area contributed by atoms with E-state index in [2.05, 4.69) is 17.1 Å². The summed E-state index contributed by atoms with van der Waals surface area (Å²) in [5, 5.41) is 3.40. The molecule has 1 atom stereocenters. The number of likely N-dealkylation sites (N-methyl/N-ethyl adjacent to an activating group) is 1. The van der Waals surface area contributed by atoms with E-state index in [0.29, 0.717) is 11.6 Å². The molecule has 4 heteroatoms. The van der Waals surface area contributed by atoms with Crippen molar-refractivity contribution in [1.29, 1.82) is 0 Å². The van der Waals surface area contributed by atoms with Crippen LogP contribution in [-0.2, 0) is 11.3 Å². The van der Waals surface area contributed by atoms with Crippen molar-refractivity contribution in [2.45, 2.75) is 25.9 Å². The Balaban J connectivity index is 1.99. The number of hydrogen-bond donors (Lipinski definition) is 1. The number of carbonyl (C=O) groups excluding carboxylic acids is 1. The second kappa shape index (κ2) is 6.68. The third-order valence-corrected chi connectivity index (χ3v) is 3.72. The Morgan fingerprint density at radius 1 is 1.42 bits per heavy atom. The lowest BCUT2D eigenvalue weighted by atomic mass is 10.1. The van der Waals surface area contributed by atoms with Crippen molar-refractivity contribution in [3.63, 3.8) is 0 Å². The Labute approximate surface area is 114 Å². The largest absolute Gasteiger partial charge is 0.465 e. The minimum Gasteiger partial charge on any atom is -0.465 e. The van der Waals surface area contributed by atoms with Gasteiger partial charge in [0, 0.05) is 19.1 Å². The van der Waals surface area contributed by atoms with Crippen LogP contribution >= 0.6 is 0 Å². The maximum Gasteiger partial charge on any atom is 0.337 e. The third kappa shape index (κ3) is 3.55. The quantitative estimate of drug-likeness (QED) is 0.819. The van der Waals surface area contributed by atoms with Gasteiger partial charge in [0.2, 0.25) is 0 Å². The van der Waals surface area contributed by atoms with E-state index in [0.717, 1.165) is 26.2 Å². The minimum absolute atomic E-state index is 0.279. The summed E-state index contributed by atoms with van der Waals surface area (Å²) in [5.41, 5.74) is 1.85. The Hall–Kier alpha value is -1.39. The molecule has 1 unspecified atom stereocenters. The van der Waals surface area contributed by atoms with E-state index in [1.807, 2.05) is 24.3 Å². The van der Waals surface area contributed by atoms with Crippen molar-refractivity contribution < 1.29 is 9.53 Å². The monoisotopic (exact) mass is 262 g/mol. The molecule has 0 radical (unpaired) electrons. The molecule has 1 aliphatic rings. The lowest BCUT2D eigenvalue weighted by molar-refractivity contribution is 0.0600. The zero-order valence-electron chi connectivity index (χ0n) is 11.7. The van der Waals surface area contributed by atoms with Gasteiger partial charge in [-0.3, -0.25) is 4.90 Å². The first-order valence-corrected chi connectivity index (χ1v) is 6.86. The van der Waals surface area contributed by atoms with E-state index >= 15 is 0 Å². The predicted octanol–water partition coefficient (Wildman–Crippen LogP) is 1.66. The Bertz CT molecular complexity index is 411. The number of esters is 1. The Morgan fingerprint density at radius 2 is 2.16 bits per heavy atom. The van der Waals surface area contributed by atoms with E-state index in [1.165, 1.54) is 19.1 Å². The van der Waals surface area contributed by atoms with Crippen LogP contribution in [0.4, 0.5) is 0 Å². The van der Waals surface area contributed by atoms with Gasteiger partial charge in [0.05, 0.1) is 12.7 Å². The topological polar surface area (TPSA) is 41.6 Å². The molecule has 1 saturated heterocycles. The summed E-state index contributed by atoms with van der Waals surface area (Å²) in [5.74, 6) is -0.279. The zero-order valence-corrected chi connectivity index (χ0v) is 11.7. The van der Waals surface area contributed by atoms with Crippen molar-refractivity contribution in [2.75, 3.05) is 26.7 Å². The maximum absolute atomic E-state index is 11.4. The number of hydrogen-bond acceptors (Lipinski definition) is 4. The first-order chi connectivity index (χ1) is 9.24. The molecule has 0 spiro atoms. The van der Waals surface area contributed by atoms with Crippen LogP contribution in [0.3, 0.4) is 0 Å². The van der Waals surface area contributed by atoms with Crippen LogP contribution in [0.1, 0.15) is 29.3 Å².